The summed E-state index contributed by atoms with van der Waals surface area (Å²) in [5.74, 6) is 0.735. The van der Waals surface area contributed by atoms with Gasteiger partial charge in [-0.2, -0.15) is 8.75 Å². The highest BCUT2D eigenvalue weighted by Crippen LogP contribution is 1.93. The van der Waals surface area contributed by atoms with Crippen molar-refractivity contribution in [1.82, 2.24) is 19.4 Å². The molecule has 4 nitrogen and oxygen atoms in total. The highest BCUT2D eigenvalue weighted by molar-refractivity contribution is 6.99. The summed E-state index contributed by atoms with van der Waals surface area (Å²) in [6.45, 7) is 8.50. The van der Waals surface area contributed by atoms with Crippen LogP contribution in [-0.4, -0.2) is 28.4 Å². The smallest absolute Gasteiger partial charge is 0.0880 e. The fourth-order valence-electron chi connectivity index (χ4n) is 1.21. The van der Waals surface area contributed by atoms with E-state index in [0.29, 0.717) is 0 Å². The Morgan fingerprint density at radius 2 is 2.13 bits per heavy atom. The molecule has 1 heterocycles. The van der Waals surface area contributed by atoms with Crippen LogP contribution in [0.25, 0.3) is 0 Å². The summed E-state index contributed by atoms with van der Waals surface area (Å²) < 4.78 is 8.07. The maximum atomic E-state index is 4.13. The van der Waals surface area contributed by atoms with Gasteiger partial charge in [-0.1, -0.05) is 13.8 Å². The molecule has 0 fully saturated rings. The van der Waals surface area contributed by atoms with Gasteiger partial charge in [0.2, 0.25) is 0 Å². The lowest BCUT2D eigenvalue weighted by Crippen LogP contribution is -2.24. The van der Waals surface area contributed by atoms with Crippen molar-refractivity contribution in [2.45, 2.75) is 26.8 Å². The minimum absolute atomic E-state index is 0.735. The summed E-state index contributed by atoms with van der Waals surface area (Å²) in [5, 5.41) is 6.75. The van der Waals surface area contributed by atoms with Crippen molar-refractivity contribution in [2.75, 3.05) is 19.6 Å². The van der Waals surface area contributed by atoms with E-state index in [1.165, 1.54) is 11.7 Å². The number of hydrogen-bond donors (Lipinski definition) is 2. The topological polar surface area (TPSA) is 49.8 Å². The first-order chi connectivity index (χ1) is 7.29. The van der Waals surface area contributed by atoms with E-state index in [9.17, 15) is 0 Å². The predicted octanol–water partition coefficient (Wildman–Crippen LogP) is 1.26. The second-order valence-electron chi connectivity index (χ2n) is 4.03. The maximum Gasteiger partial charge on any atom is 0.0880 e. The predicted molar refractivity (Wildman–Crippen MR) is 63.9 cm³/mol. The molecular weight excluding hydrogens is 208 g/mol. The van der Waals surface area contributed by atoms with Crippen molar-refractivity contribution in [2.24, 2.45) is 5.92 Å². The van der Waals surface area contributed by atoms with Crippen LogP contribution in [0.5, 0.6) is 0 Å². The molecule has 15 heavy (non-hydrogen) atoms. The fourth-order valence-corrected chi connectivity index (χ4v) is 1.64. The van der Waals surface area contributed by atoms with E-state index in [2.05, 4.69) is 33.2 Å². The molecule has 0 saturated carbocycles. The van der Waals surface area contributed by atoms with Crippen LogP contribution in [-0.2, 0) is 6.54 Å². The average molecular weight is 228 g/mol. The van der Waals surface area contributed by atoms with Crippen LogP contribution in [0.1, 0.15) is 26.0 Å². The van der Waals surface area contributed by atoms with Crippen molar-refractivity contribution in [1.29, 1.82) is 0 Å². The Hall–Kier alpha value is -0.520. The Morgan fingerprint density at radius 3 is 2.80 bits per heavy atom. The first-order valence-electron chi connectivity index (χ1n) is 5.47. The summed E-state index contributed by atoms with van der Waals surface area (Å²) in [4.78, 5) is 0. The molecule has 1 aromatic rings. The molecule has 0 bridgehead atoms. The van der Waals surface area contributed by atoms with Gasteiger partial charge in [-0.3, -0.25) is 0 Å². The van der Waals surface area contributed by atoms with Crippen molar-refractivity contribution in [3.05, 3.63) is 11.9 Å². The fraction of sp³-hybridized carbons (Fsp3) is 0.800. The van der Waals surface area contributed by atoms with Crippen molar-refractivity contribution < 1.29 is 0 Å². The third-order valence-electron chi connectivity index (χ3n) is 1.97. The average Bonchev–Trinajstić information content (AvgIpc) is 2.68. The summed E-state index contributed by atoms with van der Waals surface area (Å²) in [6.07, 6.45) is 2.97. The summed E-state index contributed by atoms with van der Waals surface area (Å²) >= 11 is 1.26. The first-order valence-corrected chi connectivity index (χ1v) is 6.20. The van der Waals surface area contributed by atoms with E-state index in [-0.39, 0.29) is 0 Å². The Balaban J connectivity index is 1.85. The van der Waals surface area contributed by atoms with Gasteiger partial charge >= 0.3 is 0 Å². The lowest BCUT2D eigenvalue weighted by atomic mass is 10.2. The van der Waals surface area contributed by atoms with Gasteiger partial charge in [0.05, 0.1) is 23.6 Å². The first kappa shape index (κ1) is 12.5. The van der Waals surface area contributed by atoms with E-state index in [1.807, 2.05) is 6.20 Å². The molecular formula is C10H20N4S. The highest BCUT2D eigenvalue weighted by atomic mass is 32.1. The largest absolute Gasteiger partial charge is 0.316 e. The van der Waals surface area contributed by atoms with Crippen LogP contribution in [0.3, 0.4) is 0 Å². The molecule has 0 aliphatic heterocycles. The number of hydrogen-bond acceptors (Lipinski definition) is 5. The molecule has 0 spiro atoms. The third-order valence-corrected chi connectivity index (χ3v) is 2.49. The molecule has 0 unspecified atom stereocenters. The number of nitrogens with zero attached hydrogens (tertiary/aromatic N) is 2. The lowest BCUT2D eigenvalue weighted by Gasteiger charge is -2.07. The zero-order valence-electron chi connectivity index (χ0n) is 9.49. The molecule has 86 valence electrons. The van der Waals surface area contributed by atoms with Gasteiger partial charge in [-0.05, 0) is 32.0 Å². The zero-order chi connectivity index (χ0) is 10.9. The number of aromatic nitrogens is 2. The molecule has 5 heteroatoms. The normalized spacial score (nSPS) is 11.1. The summed E-state index contributed by atoms with van der Waals surface area (Å²) in [7, 11) is 0. The van der Waals surface area contributed by atoms with Gasteiger partial charge in [-0.15, -0.1) is 0 Å². The summed E-state index contributed by atoms with van der Waals surface area (Å²) in [6, 6.07) is 0. The molecule has 0 aromatic carbocycles. The van der Waals surface area contributed by atoms with Gasteiger partial charge in [0, 0.05) is 6.54 Å². The molecule has 0 aliphatic rings. The monoisotopic (exact) mass is 228 g/mol. The van der Waals surface area contributed by atoms with E-state index in [4.69, 9.17) is 0 Å². The van der Waals surface area contributed by atoms with Crippen molar-refractivity contribution in [3.63, 3.8) is 0 Å². The Morgan fingerprint density at radius 1 is 1.33 bits per heavy atom. The molecule has 0 amide bonds. The second kappa shape index (κ2) is 7.73. The van der Waals surface area contributed by atoms with Crippen molar-refractivity contribution >= 4 is 11.7 Å². The third kappa shape index (κ3) is 6.54. The minimum Gasteiger partial charge on any atom is -0.316 e. The number of nitrogens with one attached hydrogen (secondary N) is 2. The Bertz CT molecular complexity index is 236. The zero-order valence-corrected chi connectivity index (χ0v) is 10.3. The van der Waals surface area contributed by atoms with Crippen LogP contribution >= 0.6 is 11.7 Å². The van der Waals surface area contributed by atoms with Gasteiger partial charge in [0.15, 0.2) is 0 Å². The molecule has 1 rings (SSSR count). The van der Waals surface area contributed by atoms with Gasteiger partial charge in [-0.25, -0.2) is 0 Å². The highest BCUT2D eigenvalue weighted by Gasteiger charge is 1.95. The number of rotatable bonds is 8. The molecule has 0 radical (unpaired) electrons. The molecule has 2 N–H and O–H groups in total. The van der Waals surface area contributed by atoms with Crippen LogP contribution < -0.4 is 10.6 Å². The van der Waals surface area contributed by atoms with Crippen LogP contribution in [0.15, 0.2) is 6.20 Å². The van der Waals surface area contributed by atoms with Crippen LogP contribution in [0.4, 0.5) is 0 Å². The Kier molecular flexibility index (Phi) is 6.47. The van der Waals surface area contributed by atoms with Gasteiger partial charge in [0.25, 0.3) is 0 Å². The van der Waals surface area contributed by atoms with Crippen molar-refractivity contribution in [3.8, 4) is 0 Å². The lowest BCUT2D eigenvalue weighted by molar-refractivity contribution is 0.529. The maximum absolute atomic E-state index is 4.13. The van der Waals surface area contributed by atoms with Crippen LogP contribution in [0, 0.1) is 5.92 Å². The van der Waals surface area contributed by atoms with Gasteiger partial charge in [0.1, 0.15) is 0 Å². The minimum atomic E-state index is 0.735. The SMILES string of the molecule is CC(C)CNCCCNCc1cnsn1. The molecule has 0 saturated heterocycles. The summed E-state index contributed by atoms with van der Waals surface area (Å²) in [5.41, 5.74) is 1.04. The van der Waals surface area contributed by atoms with E-state index in [1.54, 1.807) is 0 Å². The quantitative estimate of drug-likeness (QED) is 0.658. The second-order valence-corrected chi connectivity index (χ2v) is 4.58. The van der Waals surface area contributed by atoms with E-state index >= 15 is 0 Å². The Labute approximate surface area is 95.8 Å². The van der Waals surface area contributed by atoms with Gasteiger partial charge < -0.3 is 10.6 Å². The molecule has 0 atom stereocenters. The van der Waals surface area contributed by atoms with E-state index < -0.39 is 0 Å². The van der Waals surface area contributed by atoms with E-state index in [0.717, 1.165) is 44.2 Å². The van der Waals surface area contributed by atoms with Crippen LogP contribution in [0.2, 0.25) is 0 Å². The standard InChI is InChI=1S/C10H20N4S/c1-9(2)6-11-4-3-5-12-7-10-8-13-15-14-10/h8-9,11-12H,3-7H2,1-2H3. The molecule has 1 aromatic heterocycles. The molecule has 0 aliphatic carbocycles.